The molecule has 4 heterocycles. The largest absolute Gasteiger partial charge is 0.490 e. The van der Waals surface area contributed by atoms with Crippen LogP contribution in [0.3, 0.4) is 0 Å². The number of pyridine rings is 1. The number of likely N-dealkylation sites (N-methyl/N-ethyl adjacent to an activating group) is 1. The summed E-state index contributed by atoms with van der Waals surface area (Å²) in [6.07, 6.45) is 8.33. The number of nitrogens with one attached hydrogen (secondary N) is 3. The summed E-state index contributed by atoms with van der Waals surface area (Å²) >= 11 is 0. The van der Waals surface area contributed by atoms with Gasteiger partial charge in [0.25, 0.3) is 5.91 Å². The molecule has 8 heteroatoms. The van der Waals surface area contributed by atoms with Crippen molar-refractivity contribution in [3.8, 4) is 17.0 Å². The van der Waals surface area contributed by atoms with Crippen LogP contribution in [0, 0.1) is 5.82 Å². The fraction of sp³-hybridized carbons (Fsp3) is 0.429. The van der Waals surface area contributed by atoms with Crippen molar-refractivity contribution in [1.82, 2.24) is 20.2 Å². The number of carbonyl (C=O) groups excluding carboxylic acids is 1. The zero-order valence-corrected chi connectivity index (χ0v) is 20.8. The van der Waals surface area contributed by atoms with Crippen LogP contribution in [0.2, 0.25) is 0 Å². The lowest BCUT2D eigenvalue weighted by Crippen LogP contribution is -2.39. The number of nitrogens with zero attached hydrogens (tertiary/aromatic N) is 2. The fourth-order valence-electron chi connectivity index (χ4n) is 5.70. The Hall–Kier alpha value is -3.39. The molecule has 3 aromatic rings. The molecule has 1 atom stereocenters. The topological polar surface area (TPSA) is 82.3 Å². The van der Waals surface area contributed by atoms with E-state index in [9.17, 15) is 9.18 Å². The molecule has 3 N–H and O–H groups in total. The monoisotopic (exact) mass is 489 g/mol. The number of hydrogen-bond acceptors (Lipinski definition) is 5. The Morgan fingerprint density at radius 1 is 1.31 bits per heavy atom. The number of fused-ring (bicyclic) bond motifs is 2. The summed E-state index contributed by atoms with van der Waals surface area (Å²) in [6.45, 7) is 4.21. The van der Waals surface area contributed by atoms with Crippen molar-refractivity contribution in [2.75, 3.05) is 32.1 Å². The molecule has 7 nitrogen and oxygen atoms in total. The van der Waals surface area contributed by atoms with Crippen LogP contribution in [-0.4, -0.2) is 53.6 Å². The Balaban J connectivity index is 1.46. The highest BCUT2D eigenvalue weighted by Gasteiger charge is 2.51. The van der Waals surface area contributed by atoms with Crippen LogP contribution in [-0.2, 0) is 11.8 Å². The number of halogens is 1. The maximum absolute atomic E-state index is 14.6. The Kier molecular flexibility index (Phi) is 5.71. The van der Waals surface area contributed by atoms with Crippen LogP contribution < -0.4 is 15.4 Å². The van der Waals surface area contributed by atoms with Gasteiger partial charge in [-0.2, -0.15) is 0 Å². The molecular weight excluding hydrogens is 457 g/mol. The Morgan fingerprint density at radius 2 is 2.17 bits per heavy atom. The normalized spacial score (nSPS) is 20.3. The molecule has 2 fully saturated rings. The van der Waals surface area contributed by atoms with E-state index in [0.717, 1.165) is 42.8 Å². The molecule has 2 aliphatic heterocycles. The predicted octanol–water partition coefficient (Wildman–Crippen LogP) is 4.77. The molecule has 3 aliphatic rings. The van der Waals surface area contributed by atoms with E-state index >= 15 is 0 Å². The summed E-state index contributed by atoms with van der Waals surface area (Å²) in [5.41, 5.74) is 5.01. The first-order valence-electron chi connectivity index (χ1n) is 12.9. The van der Waals surface area contributed by atoms with Crippen molar-refractivity contribution in [3.63, 3.8) is 0 Å². The number of aromatic nitrogens is 2. The summed E-state index contributed by atoms with van der Waals surface area (Å²) in [4.78, 5) is 23.5. The van der Waals surface area contributed by atoms with E-state index in [2.05, 4.69) is 32.5 Å². The van der Waals surface area contributed by atoms with Crippen molar-refractivity contribution < 1.29 is 13.9 Å². The first-order valence-corrected chi connectivity index (χ1v) is 12.9. The van der Waals surface area contributed by atoms with Crippen LogP contribution in [0.5, 0.6) is 5.75 Å². The number of anilines is 2. The summed E-state index contributed by atoms with van der Waals surface area (Å²) in [5.74, 6) is 0.288. The van der Waals surface area contributed by atoms with E-state index in [0.29, 0.717) is 53.9 Å². The second kappa shape index (κ2) is 8.92. The van der Waals surface area contributed by atoms with Gasteiger partial charge < -0.3 is 25.3 Å². The summed E-state index contributed by atoms with van der Waals surface area (Å²) in [7, 11) is 2.13. The summed E-state index contributed by atoms with van der Waals surface area (Å²) in [6, 6.07) is 7.31. The van der Waals surface area contributed by atoms with Crippen molar-refractivity contribution in [2.24, 2.45) is 0 Å². The second-order valence-corrected chi connectivity index (χ2v) is 10.3. The van der Waals surface area contributed by atoms with Crippen LogP contribution in [0.25, 0.3) is 11.3 Å². The molecule has 1 saturated heterocycles. The van der Waals surface area contributed by atoms with Crippen LogP contribution in [0.15, 0.2) is 36.7 Å². The fourth-order valence-corrected chi connectivity index (χ4v) is 5.70. The Morgan fingerprint density at radius 3 is 2.92 bits per heavy atom. The van der Waals surface area contributed by atoms with Gasteiger partial charge in [0, 0.05) is 46.7 Å². The number of H-pyrrole nitrogens is 1. The zero-order chi connectivity index (χ0) is 24.9. The van der Waals surface area contributed by atoms with E-state index in [1.54, 1.807) is 18.5 Å². The van der Waals surface area contributed by atoms with Gasteiger partial charge in [0.1, 0.15) is 18.2 Å². The highest BCUT2D eigenvalue weighted by Crippen LogP contribution is 2.54. The Bertz CT molecular complexity index is 1320. The molecule has 188 valence electrons. The van der Waals surface area contributed by atoms with Gasteiger partial charge in [-0.1, -0.05) is 13.0 Å². The third kappa shape index (κ3) is 3.84. The van der Waals surface area contributed by atoms with Crippen molar-refractivity contribution in [1.29, 1.82) is 0 Å². The lowest BCUT2D eigenvalue weighted by Gasteiger charge is -2.23. The summed E-state index contributed by atoms with van der Waals surface area (Å²) in [5, 5.41) is 6.53. The van der Waals surface area contributed by atoms with Gasteiger partial charge in [0.05, 0.1) is 23.1 Å². The molecule has 1 aromatic carbocycles. The minimum atomic E-state index is -0.259. The predicted molar refractivity (Wildman–Crippen MR) is 137 cm³/mol. The highest BCUT2D eigenvalue weighted by molar-refractivity contribution is 6.07. The van der Waals surface area contributed by atoms with E-state index in [-0.39, 0.29) is 17.1 Å². The minimum Gasteiger partial charge on any atom is -0.490 e. The van der Waals surface area contributed by atoms with Crippen molar-refractivity contribution in [3.05, 3.63) is 59.3 Å². The Labute approximate surface area is 210 Å². The van der Waals surface area contributed by atoms with Crippen LogP contribution in [0.4, 0.5) is 15.8 Å². The lowest BCUT2D eigenvalue weighted by atomic mass is 9.93. The summed E-state index contributed by atoms with van der Waals surface area (Å²) < 4.78 is 21.0. The SMILES string of the molecule is CCc1c(F)cccc1Nc1c(-c2ccncc2OCC2CCCN2C)[nH]c2c1C(=O)NCC21CC1. The number of hydrogen-bond donors (Lipinski definition) is 3. The second-order valence-electron chi connectivity index (χ2n) is 10.3. The zero-order valence-electron chi connectivity index (χ0n) is 20.8. The molecule has 1 saturated carbocycles. The van der Waals surface area contributed by atoms with Crippen molar-refractivity contribution in [2.45, 2.75) is 50.5 Å². The van der Waals surface area contributed by atoms with Gasteiger partial charge in [-0.25, -0.2) is 4.39 Å². The van der Waals surface area contributed by atoms with Crippen molar-refractivity contribution >= 4 is 17.3 Å². The maximum atomic E-state index is 14.6. The molecular formula is C28H32FN5O2. The number of amides is 1. The molecule has 1 spiro atoms. The number of rotatable bonds is 7. The van der Waals surface area contributed by atoms with E-state index in [1.165, 1.54) is 12.5 Å². The average molecular weight is 490 g/mol. The third-order valence-corrected chi connectivity index (χ3v) is 8.09. The first-order chi connectivity index (χ1) is 17.5. The molecule has 0 bridgehead atoms. The smallest absolute Gasteiger partial charge is 0.255 e. The highest BCUT2D eigenvalue weighted by atomic mass is 19.1. The standard InChI is InChI=1S/C28H32FN5O2/c1-3-18-20(29)7-4-8-21(18)32-25-23-26(28(10-11-28)16-31-27(23)35)33-24(25)19-9-12-30-14-22(19)36-15-17-6-5-13-34(17)2/h4,7-9,12,14,17,32-33H,3,5-6,10-11,13,15-16H2,1-2H3,(H,31,35). The van der Waals surface area contributed by atoms with Gasteiger partial charge in [-0.05, 0) is 63.9 Å². The van der Waals surface area contributed by atoms with E-state index in [1.807, 2.05) is 19.1 Å². The number of benzene rings is 1. The maximum Gasteiger partial charge on any atom is 0.255 e. The lowest BCUT2D eigenvalue weighted by molar-refractivity contribution is 0.0938. The molecule has 36 heavy (non-hydrogen) atoms. The number of carbonyl (C=O) groups is 1. The van der Waals surface area contributed by atoms with Gasteiger partial charge in [0.2, 0.25) is 0 Å². The van der Waals surface area contributed by atoms with Crippen LogP contribution in [0.1, 0.15) is 54.2 Å². The molecule has 1 aliphatic carbocycles. The van der Waals surface area contributed by atoms with E-state index < -0.39 is 0 Å². The van der Waals surface area contributed by atoms with Gasteiger partial charge in [-0.3, -0.25) is 9.78 Å². The molecule has 2 aromatic heterocycles. The number of aromatic amines is 1. The van der Waals surface area contributed by atoms with E-state index in [4.69, 9.17) is 4.74 Å². The first kappa shape index (κ1) is 23.0. The van der Waals surface area contributed by atoms with Gasteiger partial charge in [0.15, 0.2) is 0 Å². The molecule has 0 radical (unpaired) electrons. The third-order valence-electron chi connectivity index (χ3n) is 8.09. The average Bonchev–Trinajstić information content (AvgIpc) is 3.38. The molecule has 1 amide bonds. The number of ether oxygens (including phenoxy) is 1. The van der Waals surface area contributed by atoms with Gasteiger partial charge in [-0.15, -0.1) is 0 Å². The quantitative estimate of drug-likeness (QED) is 0.445. The number of likely N-dealkylation sites (tertiary alicyclic amines) is 1. The molecule has 1 unspecified atom stereocenters. The van der Waals surface area contributed by atoms with Crippen LogP contribution >= 0.6 is 0 Å². The van der Waals surface area contributed by atoms with Gasteiger partial charge >= 0.3 is 0 Å². The minimum absolute atomic E-state index is 0.0615. The molecule has 6 rings (SSSR count).